The minimum Gasteiger partial charge on any atom is -0.282 e. The van der Waals surface area contributed by atoms with Gasteiger partial charge in [-0.1, -0.05) is 24.3 Å². The fourth-order valence-electron chi connectivity index (χ4n) is 1.75. The van der Waals surface area contributed by atoms with Crippen LogP contribution in [0.25, 0.3) is 12.2 Å². The van der Waals surface area contributed by atoms with Gasteiger partial charge in [0.15, 0.2) is 0 Å². The Balaban J connectivity index is 1.96. The van der Waals surface area contributed by atoms with E-state index in [1.165, 1.54) is 35.9 Å². The van der Waals surface area contributed by atoms with Crippen molar-refractivity contribution in [3.8, 4) is 0 Å². The van der Waals surface area contributed by atoms with Gasteiger partial charge in [0.1, 0.15) is 5.82 Å². The van der Waals surface area contributed by atoms with Crippen LogP contribution in [0.2, 0.25) is 0 Å². The Kier molecular flexibility index (Phi) is 5.53. The van der Waals surface area contributed by atoms with E-state index >= 15 is 0 Å². The highest BCUT2D eigenvalue weighted by Crippen LogP contribution is 2.29. The average Bonchev–Trinajstić information content (AvgIpc) is 2.57. The zero-order valence-electron chi connectivity index (χ0n) is 12.8. The predicted octanol–water partition coefficient (Wildman–Crippen LogP) is 4.28. The molecular weight excluding hydrogens is 364 g/mol. The normalized spacial score (nSPS) is 12.2. The number of anilines is 1. The molecule has 2 aromatic rings. The van der Waals surface area contributed by atoms with Crippen molar-refractivity contribution in [3.63, 3.8) is 0 Å². The van der Waals surface area contributed by atoms with Gasteiger partial charge in [-0.05, 0) is 35.4 Å². The maximum absolute atomic E-state index is 12.5. The third kappa shape index (κ3) is 5.50. The number of hydrogen-bond donors (Lipinski definition) is 2. The first-order valence-corrected chi connectivity index (χ1v) is 7.00. The van der Waals surface area contributed by atoms with E-state index in [0.29, 0.717) is 11.1 Å². The lowest BCUT2D eigenvalue weighted by Crippen LogP contribution is -2.40. The Morgan fingerprint density at radius 1 is 0.885 bits per heavy atom. The smallest absolute Gasteiger partial charge is 0.282 e. The number of nitrogens with one attached hydrogen (secondary N) is 2. The summed E-state index contributed by atoms with van der Waals surface area (Å²) in [5, 5.41) is 0. The Labute approximate surface area is 143 Å². The zero-order valence-corrected chi connectivity index (χ0v) is 12.8. The largest absolute Gasteiger partial charge is 0.472 e. The van der Waals surface area contributed by atoms with Gasteiger partial charge in [-0.25, -0.2) is 4.98 Å². The van der Waals surface area contributed by atoms with E-state index in [9.17, 15) is 31.1 Å². The lowest BCUT2D eigenvalue weighted by Gasteiger charge is -2.09. The second-order valence-corrected chi connectivity index (χ2v) is 5.01. The molecule has 0 radical (unpaired) electrons. The van der Waals surface area contributed by atoms with E-state index in [1.807, 2.05) is 5.43 Å². The molecule has 0 aliphatic carbocycles. The summed E-state index contributed by atoms with van der Waals surface area (Å²) in [6.07, 6.45) is -5.00. The number of hydrazine groups is 1. The van der Waals surface area contributed by atoms with Gasteiger partial charge >= 0.3 is 18.3 Å². The van der Waals surface area contributed by atoms with Crippen molar-refractivity contribution < 1.29 is 31.1 Å². The average molecular weight is 375 g/mol. The number of halogens is 6. The molecule has 1 aromatic heterocycles. The SMILES string of the molecule is O=C(NNc1ccc(/C=C/c2ccc(C(F)(F)F)cc2)cn1)C(F)(F)F. The van der Waals surface area contributed by atoms with Gasteiger partial charge in [-0.2, -0.15) is 26.3 Å². The number of amides is 1. The topological polar surface area (TPSA) is 54.0 Å². The molecule has 1 aromatic carbocycles. The Morgan fingerprint density at radius 3 is 1.96 bits per heavy atom. The van der Waals surface area contributed by atoms with Gasteiger partial charge in [0.05, 0.1) is 5.56 Å². The highest BCUT2D eigenvalue weighted by molar-refractivity contribution is 5.82. The van der Waals surface area contributed by atoms with Gasteiger partial charge in [-0.3, -0.25) is 15.6 Å². The van der Waals surface area contributed by atoms with Crippen LogP contribution in [0, 0.1) is 0 Å². The fraction of sp³-hybridized carbons (Fsp3) is 0.125. The molecule has 2 rings (SSSR count). The molecule has 0 aliphatic heterocycles. The third-order valence-electron chi connectivity index (χ3n) is 3.05. The van der Waals surface area contributed by atoms with Crippen molar-refractivity contribution in [1.82, 2.24) is 10.4 Å². The number of pyridine rings is 1. The van der Waals surface area contributed by atoms with Crippen LogP contribution >= 0.6 is 0 Å². The highest BCUT2D eigenvalue weighted by Gasteiger charge is 2.38. The summed E-state index contributed by atoms with van der Waals surface area (Å²) in [6.45, 7) is 0. The molecule has 2 N–H and O–H groups in total. The second kappa shape index (κ2) is 7.46. The first-order valence-electron chi connectivity index (χ1n) is 7.00. The summed E-state index contributed by atoms with van der Waals surface area (Å²) in [6, 6.07) is 7.33. The highest BCUT2D eigenvalue weighted by atomic mass is 19.4. The number of rotatable bonds is 4. The summed E-state index contributed by atoms with van der Waals surface area (Å²) < 4.78 is 73.5. The molecule has 0 spiro atoms. The van der Waals surface area contributed by atoms with Crippen LogP contribution in [0.15, 0.2) is 42.6 Å². The first-order chi connectivity index (χ1) is 12.1. The van der Waals surface area contributed by atoms with Gasteiger partial charge in [0, 0.05) is 6.20 Å². The maximum Gasteiger partial charge on any atom is 0.472 e. The monoisotopic (exact) mass is 375 g/mol. The quantitative estimate of drug-likeness (QED) is 0.620. The van der Waals surface area contributed by atoms with Gasteiger partial charge < -0.3 is 0 Å². The van der Waals surface area contributed by atoms with Crippen molar-refractivity contribution in [3.05, 3.63) is 59.3 Å². The standard InChI is InChI=1S/C16H11F6N3O/c17-15(18,19)12-6-3-10(4-7-12)1-2-11-5-8-13(23-9-11)24-25-14(26)16(20,21)22/h1-9H,(H,23,24)(H,25,26)/b2-1+. The lowest BCUT2D eigenvalue weighted by atomic mass is 10.1. The van der Waals surface area contributed by atoms with E-state index in [1.54, 1.807) is 12.2 Å². The molecule has 10 heteroatoms. The van der Waals surface area contributed by atoms with Crippen molar-refractivity contribution >= 4 is 23.9 Å². The molecule has 0 atom stereocenters. The molecule has 0 saturated heterocycles. The van der Waals surface area contributed by atoms with E-state index in [4.69, 9.17) is 0 Å². The predicted molar refractivity (Wildman–Crippen MR) is 82.4 cm³/mol. The van der Waals surface area contributed by atoms with Crippen LogP contribution in [-0.2, 0) is 11.0 Å². The van der Waals surface area contributed by atoms with Gasteiger partial charge in [0.2, 0.25) is 0 Å². The lowest BCUT2D eigenvalue weighted by molar-refractivity contribution is -0.173. The van der Waals surface area contributed by atoms with Crippen molar-refractivity contribution in [2.45, 2.75) is 12.4 Å². The van der Waals surface area contributed by atoms with E-state index in [-0.39, 0.29) is 5.82 Å². The van der Waals surface area contributed by atoms with Crippen molar-refractivity contribution in [1.29, 1.82) is 0 Å². The summed E-state index contributed by atoms with van der Waals surface area (Å²) in [5.74, 6) is -2.18. The summed E-state index contributed by atoms with van der Waals surface area (Å²) >= 11 is 0. The number of hydrogen-bond acceptors (Lipinski definition) is 3. The van der Waals surface area contributed by atoms with Crippen molar-refractivity contribution in [2.24, 2.45) is 0 Å². The molecule has 26 heavy (non-hydrogen) atoms. The minimum absolute atomic E-state index is 0.0192. The summed E-state index contributed by atoms with van der Waals surface area (Å²) in [4.78, 5) is 14.4. The van der Waals surface area contributed by atoms with E-state index in [0.717, 1.165) is 12.1 Å². The Morgan fingerprint density at radius 2 is 1.46 bits per heavy atom. The number of carbonyl (C=O) groups excluding carboxylic acids is 1. The summed E-state index contributed by atoms with van der Waals surface area (Å²) in [7, 11) is 0. The molecule has 0 unspecified atom stereocenters. The van der Waals surface area contributed by atoms with E-state index in [2.05, 4.69) is 4.98 Å². The van der Waals surface area contributed by atoms with E-state index < -0.39 is 23.8 Å². The van der Waals surface area contributed by atoms with Gasteiger partial charge in [0.25, 0.3) is 0 Å². The zero-order chi connectivity index (χ0) is 19.4. The minimum atomic E-state index is -5.02. The summed E-state index contributed by atoms with van der Waals surface area (Å²) in [5.41, 5.74) is 3.78. The second-order valence-electron chi connectivity index (χ2n) is 5.01. The molecule has 0 fully saturated rings. The molecule has 138 valence electrons. The molecule has 1 amide bonds. The van der Waals surface area contributed by atoms with Crippen LogP contribution < -0.4 is 10.9 Å². The molecule has 0 aliphatic rings. The van der Waals surface area contributed by atoms with Crippen LogP contribution in [0.1, 0.15) is 16.7 Å². The molecule has 4 nitrogen and oxygen atoms in total. The number of benzene rings is 1. The van der Waals surface area contributed by atoms with Crippen LogP contribution in [-0.4, -0.2) is 17.1 Å². The molecule has 1 heterocycles. The number of alkyl halides is 6. The molecule has 0 saturated carbocycles. The molecular formula is C16H11F6N3O. The van der Waals surface area contributed by atoms with Crippen molar-refractivity contribution in [2.75, 3.05) is 5.43 Å². The Bertz CT molecular complexity index is 780. The number of carbonyl (C=O) groups is 1. The fourth-order valence-corrected chi connectivity index (χ4v) is 1.75. The number of nitrogens with zero attached hydrogens (tertiary/aromatic N) is 1. The Hall–Kier alpha value is -3.04. The first kappa shape index (κ1) is 19.3. The molecule has 0 bridgehead atoms. The van der Waals surface area contributed by atoms with Crippen LogP contribution in [0.5, 0.6) is 0 Å². The van der Waals surface area contributed by atoms with Crippen LogP contribution in [0.3, 0.4) is 0 Å². The maximum atomic E-state index is 12.5. The number of aromatic nitrogens is 1. The third-order valence-corrected chi connectivity index (χ3v) is 3.05. The van der Waals surface area contributed by atoms with Crippen LogP contribution in [0.4, 0.5) is 32.2 Å². The van der Waals surface area contributed by atoms with Gasteiger partial charge in [-0.15, -0.1) is 0 Å².